The number of hydrogen-bond acceptors (Lipinski definition) is 0. The fourth-order valence-corrected chi connectivity index (χ4v) is 1.03. The molecule has 2 N–H and O–H groups in total. The van der Waals surface area contributed by atoms with E-state index in [4.69, 9.17) is 5.41 Å². The molecular formula is C9H12N+. The van der Waals surface area contributed by atoms with Crippen LogP contribution in [0.25, 0.3) is 0 Å². The number of nitrogens with two attached hydrogens (primary N) is 1. The lowest BCUT2D eigenvalue weighted by Crippen LogP contribution is -2.38. The van der Waals surface area contributed by atoms with Crippen molar-refractivity contribution in [3.05, 3.63) is 35.5 Å². The van der Waals surface area contributed by atoms with Crippen molar-refractivity contribution < 1.29 is 5.41 Å². The molecule has 0 unspecified atom stereocenters. The van der Waals surface area contributed by atoms with E-state index in [0.29, 0.717) is 0 Å². The van der Waals surface area contributed by atoms with Crippen LogP contribution >= 0.6 is 0 Å². The summed E-state index contributed by atoms with van der Waals surface area (Å²) in [6.45, 7) is 7.94. The summed E-state index contributed by atoms with van der Waals surface area (Å²) in [4.78, 5) is 0. The monoisotopic (exact) mass is 134 g/mol. The van der Waals surface area contributed by atoms with Gasteiger partial charge in [-0.3, -0.25) is 5.41 Å². The highest BCUT2D eigenvalue weighted by Gasteiger charge is 2.08. The Hall–Kier alpha value is -1.11. The van der Waals surface area contributed by atoms with Gasteiger partial charge in [0.05, 0.1) is 0 Å². The Labute approximate surface area is 61.3 Å². The Morgan fingerprint density at radius 2 is 1.60 bits per heavy atom. The van der Waals surface area contributed by atoms with Crippen molar-refractivity contribution >= 4 is 5.71 Å². The minimum Gasteiger partial charge on any atom is -0.254 e. The van der Waals surface area contributed by atoms with Crippen molar-refractivity contribution in [2.45, 2.75) is 13.8 Å². The molecule has 1 heteroatoms. The molecule has 0 atom stereocenters. The van der Waals surface area contributed by atoms with Gasteiger partial charge in [-0.15, -0.1) is 0 Å². The van der Waals surface area contributed by atoms with Crippen LogP contribution in [0.4, 0.5) is 0 Å². The average molecular weight is 134 g/mol. The summed E-state index contributed by atoms with van der Waals surface area (Å²) in [6.07, 6.45) is 3.88. The van der Waals surface area contributed by atoms with Gasteiger partial charge >= 0.3 is 0 Å². The number of rotatable bonds is 0. The van der Waals surface area contributed by atoms with E-state index < -0.39 is 0 Å². The fraction of sp³-hybridized carbons (Fsp3) is 0.222. The molecule has 0 aromatic heterocycles. The molecule has 0 aromatic rings. The summed E-state index contributed by atoms with van der Waals surface area (Å²) in [7, 11) is 0. The highest BCUT2D eigenvalue weighted by molar-refractivity contribution is 6.03. The van der Waals surface area contributed by atoms with Crippen molar-refractivity contribution in [2.75, 3.05) is 0 Å². The van der Waals surface area contributed by atoms with Crippen molar-refractivity contribution in [1.29, 1.82) is 0 Å². The second-order valence-electron chi connectivity index (χ2n) is 2.63. The molecule has 1 aliphatic rings. The van der Waals surface area contributed by atoms with Gasteiger partial charge in [-0.05, 0) is 30.6 Å². The molecule has 1 rings (SSSR count). The quantitative estimate of drug-likeness (QED) is 0.503. The van der Waals surface area contributed by atoms with Gasteiger partial charge in [-0.2, -0.15) is 0 Å². The molecule has 0 amide bonds. The van der Waals surface area contributed by atoms with Crippen molar-refractivity contribution in [3.63, 3.8) is 0 Å². The van der Waals surface area contributed by atoms with E-state index in [1.165, 1.54) is 0 Å². The summed E-state index contributed by atoms with van der Waals surface area (Å²) >= 11 is 0. The smallest absolute Gasteiger partial charge is 0.197 e. The third-order valence-electron chi connectivity index (χ3n) is 1.72. The lowest BCUT2D eigenvalue weighted by atomic mass is 9.95. The molecular weight excluding hydrogens is 122 g/mol. The second kappa shape index (κ2) is 2.25. The predicted octanol–water partition coefficient (Wildman–Crippen LogP) is 0.649. The third-order valence-corrected chi connectivity index (χ3v) is 1.72. The van der Waals surface area contributed by atoms with Gasteiger partial charge in [0.2, 0.25) is 0 Å². The first-order chi connectivity index (χ1) is 4.61. The van der Waals surface area contributed by atoms with E-state index in [1.54, 1.807) is 0 Å². The van der Waals surface area contributed by atoms with Crippen molar-refractivity contribution in [3.8, 4) is 0 Å². The van der Waals surface area contributed by atoms with Crippen LogP contribution in [0.3, 0.4) is 0 Å². The highest BCUT2D eigenvalue weighted by Crippen LogP contribution is 2.19. The molecule has 52 valence electrons. The lowest BCUT2D eigenvalue weighted by molar-refractivity contribution is -0.110. The van der Waals surface area contributed by atoms with Gasteiger partial charge in [-0.25, -0.2) is 0 Å². The normalized spacial score (nSPS) is 18.6. The van der Waals surface area contributed by atoms with Gasteiger partial charge in [0.15, 0.2) is 5.71 Å². The van der Waals surface area contributed by atoms with Crippen LogP contribution in [-0.4, -0.2) is 5.71 Å². The average Bonchev–Trinajstić information content (AvgIpc) is 1.82. The van der Waals surface area contributed by atoms with Gasteiger partial charge < -0.3 is 0 Å². The minimum atomic E-state index is 0.822. The Morgan fingerprint density at radius 3 is 2.00 bits per heavy atom. The highest BCUT2D eigenvalue weighted by atomic mass is 14.4. The van der Waals surface area contributed by atoms with Crippen LogP contribution in [-0.2, 0) is 0 Å². The van der Waals surface area contributed by atoms with Crippen LogP contribution in [0.15, 0.2) is 35.5 Å². The van der Waals surface area contributed by atoms with Gasteiger partial charge in [0.1, 0.15) is 0 Å². The summed E-state index contributed by atoms with van der Waals surface area (Å²) in [5.74, 6) is 0. The van der Waals surface area contributed by atoms with E-state index in [2.05, 4.69) is 6.58 Å². The first kappa shape index (κ1) is 7.00. The summed E-state index contributed by atoms with van der Waals surface area (Å²) in [5.41, 5.74) is 4.24. The van der Waals surface area contributed by atoms with Crippen LogP contribution in [0, 0.1) is 0 Å². The van der Waals surface area contributed by atoms with Gasteiger partial charge in [0, 0.05) is 12.2 Å². The first-order valence-corrected chi connectivity index (χ1v) is 3.30. The molecule has 0 aromatic carbocycles. The zero-order valence-electron chi connectivity index (χ0n) is 6.44. The van der Waals surface area contributed by atoms with Crippen LogP contribution in [0.1, 0.15) is 13.8 Å². The van der Waals surface area contributed by atoms with Crippen LogP contribution < -0.4 is 5.41 Å². The summed E-state index contributed by atoms with van der Waals surface area (Å²) < 4.78 is 0. The van der Waals surface area contributed by atoms with E-state index in [0.717, 1.165) is 22.4 Å². The Kier molecular flexibility index (Phi) is 1.58. The molecule has 0 aliphatic heterocycles. The molecule has 0 fully saturated rings. The summed E-state index contributed by atoms with van der Waals surface area (Å²) in [5, 5.41) is 5.60. The number of hydrogen-bond donors (Lipinski definition) is 1. The third kappa shape index (κ3) is 1.08. The second-order valence-corrected chi connectivity index (χ2v) is 2.63. The van der Waals surface area contributed by atoms with Crippen LogP contribution in [0.5, 0.6) is 0 Å². The maximum Gasteiger partial charge on any atom is 0.197 e. The SMILES string of the molecule is C=C1C(C)=CC(=[NH2+])C=C1C. The molecule has 0 saturated carbocycles. The molecule has 1 nitrogen and oxygen atoms in total. The molecule has 0 radical (unpaired) electrons. The molecule has 10 heavy (non-hydrogen) atoms. The summed E-state index contributed by atoms with van der Waals surface area (Å²) in [6, 6.07) is 0. The lowest BCUT2D eigenvalue weighted by Gasteiger charge is -2.08. The number of allylic oxidation sites excluding steroid dienone is 5. The van der Waals surface area contributed by atoms with Crippen molar-refractivity contribution in [1.82, 2.24) is 0 Å². The molecule has 0 saturated heterocycles. The fourth-order valence-electron chi connectivity index (χ4n) is 1.03. The maximum atomic E-state index is 5.60. The largest absolute Gasteiger partial charge is 0.254 e. The standard InChI is InChI=1S/C9H11N/c1-6-4-9(10)5-7(2)8(6)3/h4-5,10H,3H2,1-2H3/p+1. The Morgan fingerprint density at radius 1 is 1.20 bits per heavy atom. The predicted molar refractivity (Wildman–Crippen MR) is 43.6 cm³/mol. The Bertz CT molecular complexity index is 230. The topological polar surface area (TPSA) is 25.6 Å². The molecule has 0 bridgehead atoms. The molecule has 0 spiro atoms. The molecule has 0 heterocycles. The van der Waals surface area contributed by atoms with E-state index in [-0.39, 0.29) is 0 Å². The Balaban J connectivity index is 3.05. The van der Waals surface area contributed by atoms with E-state index in [1.807, 2.05) is 26.0 Å². The zero-order chi connectivity index (χ0) is 7.72. The first-order valence-electron chi connectivity index (χ1n) is 3.30. The zero-order valence-corrected chi connectivity index (χ0v) is 6.44. The van der Waals surface area contributed by atoms with E-state index in [9.17, 15) is 0 Å². The van der Waals surface area contributed by atoms with Crippen molar-refractivity contribution in [2.24, 2.45) is 0 Å². The van der Waals surface area contributed by atoms with Gasteiger partial charge in [-0.1, -0.05) is 6.58 Å². The van der Waals surface area contributed by atoms with E-state index >= 15 is 0 Å². The minimum absolute atomic E-state index is 0.822. The molecule has 1 aliphatic carbocycles. The maximum absolute atomic E-state index is 5.60. The van der Waals surface area contributed by atoms with Crippen LogP contribution in [0.2, 0.25) is 0 Å². The van der Waals surface area contributed by atoms with Gasteiger partial charge in [0.25, 0.3) is 0 Å².